The maximum absolute atomic E-state index is 5.89. The molecule has 0 radical (unpaired) electrons. The SMILES string of the molecule is COc1ccc(-c2c3nc(c(-c4c(C)cc(C)cc4C)c4ccc([se]4)c(-c4c(C)cc(C)cc4C)c4ccc([nH]4)c(-c4ccc(OC)cc4)c4ccc(s4)c4ccc(s4)c4ccc(s4)c(-c4ccc(OC)cc4)c4nc(c(-c5c(C)cc(C)cc5C)c5ccc([se]5)c(-c5c(C)cc(C)cc5C)c5ccc([nH]5)c(-c5ccc(OC)cc5)c5ccc(s5)c5ccc(s5)c5ccc2s5)C=C4)C=C3)cc1. The van der Waals surface area contributed by atoms with Crippen molar-refractivity contribution in [3.63, 3.8) is 0 Å². The van der Waals surface area contributed by atoms with Gasteiger partial charge in [-0.05, 0) is 0 Å². The predicted octanol–water partition coefficient (Wildman–Crippen LogP) is 35.1. The third kappa shape index (κ3) is 17.2. The van der Waals surface area contributed by atoms with Gasteiger partial charge in [0.05, 0.1) is 0 Å². The second-order valence-corrected chi connectivity index (χ2v) is 46.4. The summed E-state index contributed by atoms with van der Waals surface area (Å²) < 4.78 is 42.6. The Balaban J connectivity index is 0.853. The number of rotatable bonds is 12. The summed E-state index contributed by atoms with van der Waals surface area (Å²) in [6.45, 7) is 27.0. The van der Waals surface area contributed by atoms with Crippen molar-refractivity contribution < 1.29 is 18.9 Å². The standard InChI is InChI=1S/C120H98N4O4S6Se2/c1-65-57-69(5)109(70(6)58-65)117-89-37-33-85(121-89)113(77-17-25-81(125-13)26-18-77)101-49-45-97(131-101)93-41-42-94(129-93)98-47-51-103(133-98)115(79-21-29-83(127-15)30-22-79)87-35-39-91(123-87)119(111-73(9)61-67(3)62-74(111)10)107-55-56-108(136-107)120(112-75(11)63-68(4)64-76(112)12)92-40-36-88(124-92)116(80-23-31-84(128-16)32-24-80)104-52-48-100(134-104)96-44-43-95(130-96)99-46-50-102(132-99)114(78-19-27-82(126-14)28-20-78)86-34-38-90(122-86)118(106-54-53-105(117)135-106)110-71(7)59-66(2)60-72(110)8/h17-64,121,124H,1-16H3. The monoisotopic (exact) mass is 2010 g/mol. The fraction of sp³-hybridized carbons (Fsp3) is 0.133. The Labute approximate surface area is 828 Å². The zero-order chi connectivity index (χ0) is 93.6. The first kappa shape index (κ1) is 89.8. The van der Waals surface area contributed by atoms with Crippen LogP contribution in [0.25, 0.3) is 209 Å². The van der Waals surface area contributed by atoms with E-state index < -0.39 is 0 Å². The summed E-state index contributed by atoms with van der Waals surface area (Å²) in [6, 6.07) is 99.3. The van der Waals surface area contributed by atoms with E-state index in [9.17, 15) is 0 Å². The van der Waals surface area contributed by atoms with Crippen LogP contribution in [0.2, 0.25) is 0 Å². The average Bonchev–Trinajstić information content (AvgIpc) is 1.60. The molecule has 21 rings (SSSR count). The molecule has 0 saturated heterocycles. The minimum atomic E-state index is -0.200. The van der Waals surface area contributed by atoms with Crippen molar-refractivity contribution in [2.45, 2.75) is 83.1 Å². The first-order valence-electron chi connectivity index (χ1n) is 45.4. The summed E-state index contributed by atoms with van der Waals surface area (Å²) in [5.74, 6) is 3.20. The number of thiophene rings is 6. The van der Waals surface area contributed by atoms with E-state index in [1.165, 1.54) is 155 Å². The molecule has 8 nitrogen and oxygen atoms in total. The summed E-state index contributed by atoms with van der Waals surface area (Å²) in [5, 5.41) is 0. The Kier molecular flexibility index (Phi) is 24.7. The van der Waals surface area contributed by atoms with Crippen molar-refractivity contribution in [1.29, 1.82) is 0 Å². The van der Waals surface area contributed by atoms with Crippen molar-refractivity contribution in [1.82, 2.24) is 19.9 Å². The number of aromatic nitrogens is 4. The molecule has 8 aromatic carbocycles. The summed E-state index contributed by atoms with van der Waals surface area (Å²) in [7, 11) is 6.94. The molecule has 19 aromatic rings. The Morgan fingerprint density at radius 3 is 0.632 bits per heavy atom. The molecular formula is C120H98N4O4S6Se2. The molecular weight excluding hydrogens is 1910 g/mol. The van der Waals surface area contributed by atoms with Gasteiger partial charge in [0.1, 0.15) is 0 Å². The molecule has 0 saturated carbocycles. The maximum atomic E-state index is 5.89. The summed E-state index contributed by atoms with van der Waals surface area (Å²) in [5.41, 5.74) is 41.0. The van der Waals surface area contributed by atoms with Crippen molar-refractivity contribution in [2.24, 2.45) is 0 Å². The van der Waals surface area contributed by atoms with Gasteiger partial charge in [0.15, 0.2) is 0 Å². The van der Waals surface area contributed by atoms with Gasteiger partial charge < -0.3 is 0 Å². The Morgan fingerprint density at radius 1 is 0.199 bits per heavy atom. The molecule has 11 aromatic heterocycles. The molecule has 2 aliphatic heterocycles. The van der Waals surface area contributed by atoms with Crippen molar-refractivity contribution in [3.8, 4) is 112 Å². The predicted molar refractivity (Wildman–Crippen MR) is 595 cm³/mol. The van der Waals surface area contributed by atoms with E-state index in [1.54, 1.807) is 28.4 Å². The van der Waals surface area contributed by atoms with Crippen LogP contribution < -0.4 is 18.9 Å². The fourth-order valence-electron chi connectivity index (χ4n) is 20.1. The number of aryl methyl sites for hydroxylation is 12. The molecule has 2 N–H and O–H groups in total. The zero-order valence-corrected chi connectivity index (χ0v) is 86.8. The van der Waals surface area contributed by atoms with E-state index >= 15 is 0 Å². The topological polar surface area (TPSA) is 94.3 Å². The molecule has 0 amide bonds. The minimum absolute atomic E-state index is 0.200. The van der Waals surface area contributed by atoms with Gasteiger partial charge in [-0.25, -0.2) is 0 Å². The normalized spacial score (nSPS) is 11.8. The summed E-state index contributed by atoms with van der Waals surface area (Å²) in [4.78, 5) is 20.1. The van der Waals surface area contributed by atoms with Crippen LogP contribution in [0.3, 0.4) is 0 Å². The molecule has 2 aliphatic rings. The number of ether oxygens (including phenoxy) is 4. The molecule has 670 valence electrons. The van der Waals surface area contributed by atoms with Gasteiger partial charge in [-0.1, -0.05) is 0 Å². The number of nitrogens with one attached hydrogen (secondary N) is 2. The summed E-state index contributed by atoms with van der Waals surface area (Å²) in [6.07, 6.45) is 9.04. The van der Waals surface area contributed by atoms with Crippen molar-refractivity contribution in [2.75, 3.05) is 28.4 Å². The second kappa shape index (κ2) is 37.4. The van der Waals surface area contributed by atoms with Crippen LogP contribution in [0.4, 0.5) is 0 Å². The number of H-pyrrole nitrogens is 2. The number of aromatic amines is 2. The Morgan fingerprint density at radius 2 is 0.390 bits per heavy atom. The molecule has 0 fully saturated rings. The molecule has 0 spiro atoms. The van der Waals surface area contributed by atoms with Gasteiger partial charge in [-0.3, -0.25) is 0 Å². The number of hydrogen-bond donors (Lipinski definition) is 2. The van der Waals surface area contributed by atoms with Gasteiger partial charge >= 0.3 is 836 Å². The number of benzene rings is 8. The van der Waals surface area contributed by atoms with Gasteiger partial charge in [0, 0.05) is 0 Å². The molecule has 136 heavy (non-hydrogen) atoms. The van der Waals surface area contributed by atoms with Crippen molar-refractivity contribution in [3.05, 3.63) is 356 Å². The van der Waals surface area contributed by atoms with E-state index in [0.717, 1.165) is 142 Å². The van der Waals surface area contributed by atoms with Crippen LogP contribution >= 0.6 is 68.0 Å². The van der Waals surface area contributed by atoms with Gasteiger partial charge in [0.25, 0.3) is 0 Å². The third-order valence-electron chi connectivity index (χ3n) is 25.8. The Hall–Kier alpha value is -12.8. The first-order valence-corrected chi connectivity index (χ1v) is 53.8. The van der Waals surface area contributed by atoms with Gasteiger partial charge in [-0.15, -0.1) is 0 Å². The van der Waals surface area contributed by atoms with Gasteiger partial charge in [0.2, 0.25) is 0 Å². The Bertz CT molecular complexity index is 8190. The molecule has 13 heterocycles. The second-order valence-electron chi connectivity index (χ2n) is 35.3. The average molecular weight is 2010 g/mol. The first-order chi connectivity index (χ1) is 66.0. The van der Waals surface area contributed by atoms with Crippen LogP contribution in [-0.2, 0) is 0 Å². The van der Waals surface area contributed by atoms with Gasteiger partial charge in [-0.2, -0.15) is 0 Å². The van der Waals surface area contributed by atoms with Crippen LogP contribution in [0.15, 0.2) is 267 Å². The molecule has 24 bridgehead atoms. The van der Waals surface area contributed by atoms with E-state index in [4.69, 9.17) is 28.9 Å². The molecule has 0 atom stereocenters. The van der Waals surface area contributed by atoms with Crippen LogP contribution in [0, 0.1) is 83.1 Å². The number of methoxy groups -OCH3 is 4. The van der Waals surface area contributed by atoms with E-state index in [-0.39, 0.29) is 29.0 Å². The van der Waals surface area contributed by atoms with Crippen LogP contribution in [0.1, 0.15) is 89.5 Å². The van der Waals surface area contributed by atoms with E-state index in [1.807, 2.05) is 68.0 Å². The fourth-order valence-corrected chi connectivity index (χ4v) is 31.5. The summed E-state index contributed by atoms with van der Waals surface area (Å²) >= 11 is 10.6. The number of hydrogen-bond acceptors (Lipinski definition) is 12. The van der Waals surface area contributed by atoms with Crippen molar-refractivity contribution >= 4 is 217 Å². The van der Waals surface area contributed by atoms with E-state index in [2.05, 4.69) is 384 Å². The van der Waals surface area contributed by atoms with E-state index in [0.29, 0.717) is 0 Å². The van der Waals surface area contributed by atoms with Crippen LogP contribution in [-0.4, -0.2) is 77.4 Å². The quantitative estimate of drug-likeness (QED) is 0.118. The number of fused-ring (bicyclic) bond motifs is 28. The number of nitrogens with zero attached hydrogens (tertiary/aromatic N) is 2. The molecule has 16 heteroatoms. The molecule has 0 aliphatic carbocycles. The third-order valence-corrected chi connectivity index (χ3v) is 37.8. The molecule has 0 unspecified atom stereocenters. The van der Waals surface area contributed by atoms with Crippen LogP contribution in [0.5, 0.6) is 23.0 Å². The zero-order valence-electron chi connectivity index (χ0n) is 78.5.